The maximum atomic E-state index is 10.7. The van der Waals surface area contributed by atoms with Gasteiger partial charge in [-0.15, -0.1) is 0 Å². The Balaban J connectivity index is 1.46. The van der Waals surface area contributed by atoms with E-state index >= 15 is 0 Å². The molecule has 0 spiro atoms. The molecule has 3 heterocycles. The summed E-state index contributed by atoms with van der Waals surface area (Å²) in [6.45, 7) is 0.877. The number of rotatable bonds is 6. The Morgan fingerprint density at radius 2 is 1.33 bits per heavy atom. The lowest BCUT2D eigenvalue weighted by Gasteiger charge is -2.42. The van der Waals surface area contributed by atoms with Crippen molar-refractivity contribution >= 4 is 11.0 Å². The normalized spacial score (nSPS) is 33.0. The molecule has 16 heteroatoms. The van der Waals surface area contributed by atoms with Gasteiger partial charge < -0.3 is 75.1 Å². The van der Waals surface area contributed by atoms with Gasteiger partial charge in [-0.25, -0.2) is 4.42 Å². The summed E-state index contributed by atoms with van der Waals surface area (Å²) in [5.41, 5.74) is -0.150. The van der Waals surface area contributed by atoms with E-state index in [1.807, 2.05) is 0 Å². The molecular weight excluding hydrogens is 580 g/mol. The predicted molar refractivity (Wildman–Crippen MR) is 140 cm³/mol. The highest BCUT2D eigenvalue weighted by Gasteiger charge is 2.48. The number of aliphatic hydroxyl groups excluding tert-OH is 6. The molecule has 2 fully saturated rings. The van der Waals surface area contributed by atoms with Gasteiger partial charge in [0.15, 0.2) is 23.5 Å². The molecule has 16 nitrogen and oxygen atoms in total. The van der Waals surface area contributed by atoms with Crippen LogP contribution in [0.2, 0.25) is 0 Å². The van der Waals surface area contributed by atoms with Gasteiger partial charge in [0.05, 0.1) is 24.3 Å². The molecule has 0 radical (unpaired) electrons. The van der Waals surface area contributed by atoms with Crippen LogP contribution in [0.5, 0.6) is 34.5 Å². The molecule has 1 aromatic heterocycles. The molecule has 3 aromatic rings. The van der Waals surface area contributed by atoms with E-state index in [0.717, 1.165) is 24.3 Å². The van der Waals surface area contributed by atoms with Crippen LogP contribution < -0.4 is 4.74 Å². The van der Waals surface area contributed by atoms with E-state index in [0.29, 0.717) is 0 Å². The third kappa shape index (κ3) is 5.79. The highest BCUT2D eigenvalue weighted by atomic mass is 16.7. The van der Waals surface area contributed by atoms with Crippen LogP contribution in [-0.2, 0) is 14.2 Å². The van der Waals surface area contributed by atoms with Crippen molar-refractivity contribution in [2.45, 2.75) is 68.3 Å². The van der Waals surface area contributed by atoms with Crippen molar-refractivity contribution < 1.29 is 79.5 Å². The molecule has 2 aromatic carbocycles. The lowest BCUT2D eigenvalue weighted by molar-refractivity contribution is -0.318. The zero-order valence-corrected chi connectivity index (χ0v) is 22.3. The summed E-state index contributed by atoms with van der Waals surface area (Å²) < 4.78 is 28.1. The quantitative estimate of drug-likeness (QED) is 0.117. The van der Waals surface area contributed by atoms with E-state index in [1.54, 1.807) is 0 Å². The summed E-state index contributed by atoms with van der Waals surface area (Å²) in [5.74, 6) is -3.64. The van der Waals surface area contributed by atoms with Crippen LogP contribution in [0.15, 0.2) is 34.7 Å². The topological polar surface area (TPSA) is 271 Å². The number of phenols is 5. The molecule has 2 aliphatic rings. The van der Waals surface area contributed by atoms with Crippen molar-refractivity contribution in [3.63, 3.8) is 0 Å². The summed E-state index contributed by atoms with van der Waals surface area (Å²) in [5, 5.41) is 112. The minimum absolute atomic E-state index is 0.00726. The Bertz CT molecular complexity index is 1460. The molecule has 0 amide bonds. The lowest BCUT2D eigenvalue weighted by atomic mass is 9.98. The number of fused-ring (bicyclic) bond motifs is 1. The second kappa shape index (κ2) is 11.8. The first-order valence-corrected chi connectivity index (χ1v) is 13.0. The first-order chi connectivity index (χ1) is 20.3. The van der Waals surface area contributed by atoms with Gasteiger partial charge in [-0.1, -0.05) is 0 Å². The van der Waals surface area contributed by atoms with Crippen LogP contribution in [0.1, 0.15) is 6.92 Å². The van der Waals surface area contributed by atoms with Gasteiger partial charge in [-0.05, 0) is 6.92 Å². The SMILES string of the molecule is CC1O[C@@H](OCC2O[C@@H](Oc3cc4c(O)cc(O)cc4[o+]c3-c3cc(O)c(O)c(O)c3)C(O)C(O)[C@H]2O)C(O)[C@@H](O)[C@H]1O. The van der Waals surface area contributed by atoms with Crippen LogP contribution in [0.3, 0.4) is 0 Å². The summed E-state index contributed by atoms with van der Waals surface area (Å²) in [6, 6.07) is 5.39. The van der Waals surface area contributed by atoms with E-state index in [-0.39, 0.29) is 33.8 Å². The summed E-state index contributed by atoms with van der Waals surface area (Å²) >= 11 is 0. The van der Waals surface area contributed by atoms with Crippen LogP contribution in [0.4, 0.5) is 0 Å². The molecule has 234 valence electrons. The Morgan fingerprint density at radius 1 is 0.698 bits per heavy atom. The largest absolute Gasteiger partial charge is 0.507 e. The number of aromatic hydroxyl groups is 5. The Morgan fingerprint density at radius 3 is 2.00 bits per heavy atom. The first kappa shape index (κ1) is 30.7. The van der Waals surface area contributed by atoms with Crippen LogP contribution in [-0.4, -0.2) is 124 Å². The Kier molecular flexibility index (Phi) is 8.41. The monoisotopic (exact) mass is 611 g/mol. The summed E-state index contributed by atoms with van der Waals surface area (Å²) in [6.07, 6.45) is -15.6. The Hall–Kier alpha value is -3.71. The van der Waals surface area contributed by atoms with Gasteiger partial charge in [-0.2, -0.15) is 0 Å². The van der Waals surface area contributed by atoms with Crippen LogP contribution in [0, 0.1) is 0 Å². The third-order valence-electron chi connectivity index (χ3n) is 7.29. The zero-order valence-electron chi connectivity index (χ0n) is 22.3. The number of hydrogen-bond acceptors (Lipinski definition) is 15. The number of aliphatic hydroxyl groups is 6. The van der Waals surface area contributed by atoms with Crippen molar-refractivity contribution in [2.24, 2.45) is 0 Å². The first-order valence-electron chi connectivity index (χ1n) is 13.0. The second-order valence-corrected chi connectivity index (χ2v) is 10.3. The molecule has 0 aliphatic carbocycles. The predicted octanol–water partition coefficient (Wildman–Crippen LogP) is -1.06. The molecule has 5 unspecified atom stereocenters. The molecule has 0 saturated carbocycles. The average Bonchev–Trinajstić information content (AvgIpc) is 2.96. The smallest absolute Gasteiger partial charge is 0.402 e. The average molecular weight is 612 g/mol. The van der Waals surface area contributed by atoms with Gasteiger partial charge in [0.2, 0.25) is 12.0 Å². The molecule has 0 bridgehead atoms. The van der Waals surface area contributed by atoms with E-state index < -0.39 is 91.0 Å². The number of phenolic OH excluding ortho intramolecular Hbond substituents is 5. The molecule has 11 N–H and O–H groups in total. The fourth-order valence-corrected chi connectivity index (χ4v) is 4.83. The molecule has 5 rings (SSSR count). The third-order valence-corrected chi connectivity index (χ3v) is 7.29. The van der Waals surface area contributed by atoms with E-state index in [4.69, 9.17) is 23.4 Å². The van der Waals surface area contributed by atoms with Crippen molar-refractivity contribution in [2.75, 3.05) is 6.61 Å². The zero-order chi connectivity index (χ0) is 31.3. The van der Waals surface area contributed by atoms with Crippen LogP contribution in [0.25, 0.3) is 22.3 Å². The van der Waals surface area contributed by atoms with Gasteiger partial charge in [0.1, 0.15) is 59.6 Å². The fourth-order valence-electron chi connectivity index (χ4n) is 4.83. The van der Waals surface area contributed by atoms with Crippen molar-refractivity contribution in [3.05, 3.63) is 30.3 Å². The minimum atomic E-state index is -1.88. The van der Waals surface area contributed by atoms with E-state index in [9.17, 15) is 56.2 Å². The highest BCUT2D eigenvalue weighted by molar-refractivity contribution is 5.88. The highest BCUT2D eigenvalue weighted by Crippen LogP contribution is 2.45. The van der Waals surface area contributed by atoms with Gasteiger partial charge >= 0.3 is 11.3 Å². The molecule has 43 heavy (non-hydrogen) atoms. The van der Waals surface area contributed by atoms with Gasteiger partial charge in [-0.3, -0.25) is 0 Å². The van der Waals surface area contributed by atoms with Crippen molar-refractivity contribution in [1.82, 2.24) is 0 Å². The molecule has 2 saturated heterocycles. The Labute approximate surface area is 242 Å². The number of ether oxygens (including phenoxy) is 4. The standard InChI is InChI=1S/C27H30O16/c1-8-18(32)21(35)23(37)26(40-8)39-7-17-20(34)22(36)24(38)27(43-17)42-16-6-11-12(29)4-10(28)5-15(11)41-25(16)9-2-13(30)19(33)14(31)3-9/h2-6,8,17-18,20-24,26-27,32,34-38H,7H2,1H3,(H4-,28,29,30,31,33)/p+1/t8?,17?,18-,20-,21-,22?,23?,24?,26+,27+/m0/s1. The van der Waals surface area contributed by atoms with Crippen LogP contribution >= 0.6 is 0 Å². The number of benzene rings is 2. The fraction of sp³-hybridized carbons (Fsp3) is 0.444. The summed E-state index contributed by atoms with van der Waals surface area (Å²) in [4.78, 5) is 0. The molecule has 2 aliphatic heterocycles. The van der Waals surface area contributed by atoms with E-state index in [1.165, 1.54) is 13.0 Å². The lowest BCUT2D eigenvalue weighted by Crippen LogP contribution is -2.61. The maximum Gasteiger partial charge on any atom is 0.402 e. The van der Waals surface area contributed by atoms with E-state index in [2.05, 4.69) is 0 Å². The van der Waals surface area contributed by atoms with Gasteiger partial charge in [0.25, 0.3) is 0 Å². The molecule has 10 atom stereocenters. The van der Waals surface area contributed by atoms with Crippen molar-refractivity contribution in [3.8, 4) is 45.8 Å². The second-order valence-electron chi connectivity index (χ2n) is 10.3. The maximum absolute atomic E-state index is 10.7. The van der Waals surface area contributed by atoms with Crippen molar-refractivity contribution in [1.29, 1.82) is 0 Å². The summed E-state index contributed by atoms with van der Waals surface area (Å²) in [7, 11) is 0. The minimum Gasteiger partial charge on any atom is -0.507 e. The molecular formula is C27H31O16+. The number of hydrogen-bond donors (Lipinski definition) is 11. The van der Waals surface area contributed by atoms with Gasteiger partial charge in [0, 0.05) is 24.3 Å².